The summed E-state index contributed by atoms with van der Waals surface area (Å²) in [6, 6.07) is 9.88. The minimum atomic E-state index is 0.405. The van der Waals surface area contributed by atoms with E-state index in [0.29, 0.717) is 4.99 Å². The first-order valence-electron chi connectivity index (χ1n) is 5.77. The number of hydrogen-bond donors (Lipinski definition) is 1. The van der Waals surface area contributed by atoms with Crippen molar-refractivity contribution < 1.29 is 0 Å². The van der Waals surface area contributed by atoms with E-state index in [4.69, 9.17) is 18.0 Å². The zero-order valence-electron chi connectivity index (χ0n) is 10.5. The van der Waals surface area contributed by atoms with E-state index in [9.17, 15) is 0 Å². The number of rotatable bonds is 4. The van der Waals surface area contributed by atoms with Gasteiger partial charge in [-0.2, -0.15) is 0 Å². The van der Waals surface area contributed by atoms with Crippen LogP contribution in [0.3, 0.4) is 0 Å². The van der Waals surface area contributed by atoms with Crippen LogP contribution in [0.5, 0.6) is 0 Å². The predicted octanol–water partition coefficient (Wildman–Crippen LogP) is 3.11. The van der Waals surface area contributed by atoms with Crippen molar-refractivity contribution in [2.24, 2.45) is 5.73 Å². The Morgan fingerprint density at radius 1 is 1.42 bits per heavy atom. The molecule has 5 heteroatoms. The highest BCUT2D eigenvalue weighted by molar-refractivity contribution is 9.10. The lowest BCUT2D eigenvalue weighted by atomic mass is 10.2. The number of aromatic nitrogens is 1. The fraction of sp³-hybridized carbons (Fsp3) is 0.143. The molecule has 0 amide bonds. The Bertz CT molecular complexity index is 586. The van der Waals surface area contributed by atoms with E-state index in [-0.39, 0.29) is 0 Å². The molecule has 0 aliphatic carbocycles. The Morgan fingerprint density at radius 3 is 2.79 bits per heavy atom. The predicted molar refractivity (Wildman–Crippen MR) is 86.4 cm³/mol. The molecule has 2 N–H and O–H groups in total. The van der Waals surface area contributed by atoms with E-state index in [1.165, 1.54) is 0 Å². The van der Waals surface area contributed by atoms with Gasteiger partial charge >= 0.3 is 0 Å². The highest BCUT2D eigenvalue weighted by atomic mass is 79.9. The van der Waals surface area contributed by atoms with Gasteiger partial charge in [0.05, 0.1) is 5.69 Å². The number of halogens is 1. The summed E-state index contributed by atoms with van der Waals surface area (Å²) >= 11 is 8.53. The highest BCUT2D eigenvalue weighted by Crippen LogP contribution is 2.27. The van der Waals surface area contributed by atoms with Gasteiger partial charge in [-0.1, -0.05) is 18.3 Å². The summed E-state index contributed by atoms with van der Waals surface area (Å²) in [6.07, 6.45) is 3.64. The lowest BCUT2D eigenvalue weighted by Gasteiger charge is -2.21. The molecule has 0 unspecified atom stereocenters. The molecule has 1 heterocycles. The summed E-state index contributed by atoms with van der Waals surface area (Å²) in [5, 5.41) is 0. The van der Waals surface area contributed by atoms with Gasteiger partial charge in [-0.05, 0) is 45.8 Å². The Kier molecular flexibility index (Phi) is 4.50. The summed E-state index contributed by atoms with van der Waals surface area (Å²) in [5.74, 6) is 0. The van der Waals surface area contributed by atoms with Gasteiger partial charge in [-0.15, -0.1) is 0 Å². The molecule has 0 aliphatic rings. The molecule has 0 saturated heterocycles. The van der Waals surface area contributed by atoms with E-state index < -0.39 is 0 Å². The van der Waals surface area contributed by atoms with Crippen molar-refractivity contribution in [2.45, 2.75) is 6.54 Å². The van der Waals surface area contributed by atoms with Crippen LogP contribution < -0.4 is 10.6 Å². The fourth-order valence-corrected chi connectivity index (χ4v) is 2.63. The van der Waals surface area contributed by atoms with Gasteiger partial charge in [-0.3, -0.25) is 4.98 Å². The average molecular weight is 336 g/mol. The van der Waals surface area contributed by atoms with Gasteiger partial charge < -0.3 is 10.6 Å². The molecule has 0 saturated carbocycles. The molecule has 0 aliphatic heterocycles. The normalized spacial score (nSPS) is 10.2. The number of hydrogen-bond acceptors (Lipinski definition) is 3. The van der Waals surface area contributed by atoms with E-state index in [2.05, 4.69) is 31.9 Å². The largest absolute Gasteiger partial charge is 0.389 e. The SMILES string of the molecule is CN(Cc1cccnc1)c1ccc(C(N)=S)cc1Br. The number of anilines is 1. The second-order valence-corrected chi connectivity index (χ2v) is 5.54. The monoisotopic (exact) mass is 335 g/mol. The molecule has 0 bridgehead atoms. The second-order valence-electron chi connectivity index (χ2n) is 4.25. The smallest absolute Gasteiger partial charge is 0.104 e. The summed E-state index contributed by atoms with van der Waals surface area (Å²) in [6.45, 7) is 0.791. The standard InChI is InChI=1S/C14H14BrN3S/c1-18(9-10-3-2-6-17-8-10)13-5-4-11(14(16)19)7-12(13)15/h2-8H,9H2,1H3,(H2,16,19). The molecule has 0 fully saturated rings. The van der Waals surface area contributed by atoms with Crippen LogP contribution in [0.1, 0.15) is 11.1 Å². The third kappa shape index (κ3) is 3.52. The van der Waals surface area contributed by atoms with Gasteiger partial charge in [0.25, 0.3) is 0 Å². The molecular formula is C14H14BrN3S. The van der Waals surface area contributed by atoms with Crippen molar-refractivity contribution >= 4 is 38.8 Å². The van der Waals surface area contributed by atoms with Crippen LogP contribution in [0.15, 0.2) is 47.2 Å². The Hall–Kier alpha value is -1.46. The Labute approximate surface area is 126 Å². The van der Waals surface area contributed by atoms with E-state index in [1.807, 2.05) is 37.5 Å². The summed E-state index contributed by atoms with van der Waals surface area (Å²) in [7, 11) is 2.04. The first-order valence-corrected chi connectivity index (χ1v) is 6.97. The number of pyridine rings is 1. The molecular weight excluding hydrogens is 322 g/mol. The van der Waals surface area contributed by atoms with Crippen LogP contribution in [0.4, 0.5) is 5.69 Å². The topological polar surface area (TPSA) is 42.2 Å². The van der Waals surface area contributed by atoms with Gasteiger partial charge in [-0.25, -0.2) is 0 Å². The number of nitrogens with two attached hydrogens (primary N) is 1. The Morgan fingerprint density at radius 2 is 2.21 bits per heavy atom. The van der Waals surface area contributed by atoms with Gasteiger partial charge in [0.2, 0.25) is 0 Å². The molecule has 0 atom stereocenters. The van der Waals surface area contributed by atoms with E-state index in [0.717, 1.165) is 27.8 Å². The first kappa shape index (κ1) is 14.0. The zero-order chi connectivity index (χ0) is 13.8. The molecule has 1 aromatic heterocycles. The fourth-order valence-electron chi connectivity index (χ4n) is 1.82. The van der Waals surface area contributed by atoms with Crippen molar-refractivity contribution in [3.05, 3.63) is 58.3 Å². The molecule has 0 radical (unpaired) electrons. The maximum absolute atomic E-state index is 5.62. The van der Waals surface area contributed by atoms with Crippen LogP contribution >= 0.6 is 28.1 Å². The van der Waals surface area contributed by atoms with E-state index in [1.54, 1.807) is 6.20 Å². The van der Waals surface area contributed by atoms with Crippen molar-refractivity contribution in [3.63, 3.8) is 0 Å². The maximum atomic E-state index is 5.62. The molecule has 3 nitrogen and oxygen atoms in total. The summed E-state index contributed by atoms with van der Waals surface area (Å²) in [4.78, 5) is 6.67. The molecule has 2 aromatic rings. The van der Waals surface area contributed by atoms with Crippen LogP contribution in [-0.2, 0) is 6.54 Å². The van der Waals surface area contributed by atoms with Gasteiger partial charge in [0, 0.05) is 36.0 Å². The lowest BCUT2D eigenvalue weighted by Crippen LogP contribution is -2.17. The van der Waals surface area contributed by atoms with Crippen LogP contribution in [0, 0.1) is 0 Å². The maximum Gasteiger partial charge on any atom is 0.104 e. The van der Waals surface area contributed by atoms with Crippen molar-refractivity contribution in [1.82, 2.24) is 4.98 Å². The first-order chi connectivity index (χ1) is 9.08. The van der Waals surface area contributed by atoms with E-state index >= 15 is 0 Å². The Balaban J connectivity index is 2.20. The van der Waals surface area contributed by atoms with Crippen LogP contribution in [-0.4, -0.2) is 17.0 Å². The minimum absolute atomic E-state index is 0.405. The number of benzene rings is 1. The van der Waals surface area contributed by atoms with Gasteiger partial charge in [0.15, 0.2) is 0 Å². The summed E-state index contributed by atoms with van der Waals surface area (Å²) < 4.78 is 0.976. The number of nitrogens with zero attached hydrogens (tertiary/aromatic N) is 2. The quantitative estimate of drug-likeness (QED) is 0.871. The zero-order valence-corrected chi connectivity index (χ0v) is 12.9. The molecule has 2 rings (SSSR count). The summed E-state index contributed by atoms with van der Waals surface area (Å²) in [5.41, 5.74) is 8.73. The lowest BCUT2D eigenvalue weighted by molar-refractivity contribution is 0.912. The van der Waals surface area contributed by atoms with Crippen LogP contribution in [0.2, 0.25) is 0 Å². The van der Waals surface area contributed by atoms with Crippen molar-refractivity contribution in [2.75, 3.05) is 11.9 Å². The molecule has 19 heavy (non-hydrogen) atoms. The van der Waals surface area contributed by atoms with Crippen molar-refractivity contribution in [3.8, 4) is 0 Å². The molecule has 0 spiro atoms. The molecule has 98 valence electrons. The third-order valence-electron chi connectivity index (χ3n) is 2.79. The third-order valence-corrected chi connectivity index (χ3v) is 3.66. The van der Waals surface area contributed by atoms with Crippen LogP contribution in [0.25, 0.3) is 0 Å². The van der Waals surface area contributed by atoms with Crippen molar-refractivity contribution in [1.29, 1.82) is 0 Å². The second kappa shape index (κ2) is 6.12. The number of thiocarbonyl (C=S) groups is 1. The van der Waals surface area contributed by atoms with Gasteiger partial charge in [0.1, 0.15) is 4.99 Å². The molecule has 1 aromatic carbocycles. The minimum Gasteiger partial charge on any atom is -0.389 e. The average Bonchev–Trinajstić information content (AvgIpc) is 2.39. The highest BCUT2D eigenvalue weighted by Gasteiger charge is 2.08.